The van der Waals surface area contributed by atoms with Crippen LogP contribution >= 0.6 is 0 Å². The van der Waals surface area contributed by atoms with Gasteiger partial charge in [-0.05, 0) is 57.5 Å². The highest BCUT2D eigenvalue weighted by molar-refractivity contribution is 5.57. The Balaban J connectivity index is 1.32. The molecule has 4 heteroatoms. The van der Waals surface area contributed by atoms with E-state index < -0.39 is 0 Å². The average Bonchev–Trinajstić information content (AvgIpc) is 3.28. The number of rotatable bonds is 9. The minimum absolute atomic E-state index is 0.306. The molecule has 3 rings (SSSR count). The van der Waals surface area contributed by atoms with Gasteiger partial charge in [-0.2, -0.15) is 0 Å². The highest BCUT2D eigenvalue weighted by Crippen LogP contribution is 2.21. The number of nitrogens with one attached hydrogen (secondary N) is 1. The Hall–Kier alpha value is -1.62. The van der Waals surface area contributed by atoms with E-state index in [-0.39, 0.29) is 0 Å². The standard InChI is InChI=1S/C20H28N2O2/c23-16-18-9-6-14-22(18)13-5-4-12-21-15-19-10-11-20(24-19)17-7-2-1-3-8-17/h1-3,7-8,10-11,18,21,23H,4-6,9,12-16H2. The second kappa shape index (κ2) is 9.02. The van der Waals surface area contributed by atoms with Gasteiger partial charge in [0, 0.05) is 11.6 Å². The number of likely N-dealkylation sites (tertiary alicyclic amines) is 1. The monoisotopic (exact) mass is 328 g/mol. The first-order chi connectivity index (χ1) is 11.9. The Labute approximate surface area is 144 Å². The number of hydrogen-bond acceptors (Lipinski definition) is 4. The van der Waals surface area contributed by atoms with E-state index in [0.29, 0.717) is 12.6 Å². The van der Waals surface area contributed by atoms with Gasteiger partial charge < -0.3 is 14.8 Å². The number of benzene rings is 1. The van der Waals surface area contributed by atoms with Crippen molar-refractivity contribution in [1.29, 1.82) is 0 Å². The Kier molecular flexibility index (Phi) is 6.47. The zero-order chi connectivity index (χ0) is 16.6. The zero-order valence-electron chi connectivity index (χ0n) is 14.3. The molecular weight excluding hydrogens is 300 g/mol. The Morgan fingerprint density at radius 2 is 2.00 bits per heavy atom. The summed E-state index contributed by atoms with van der Waals surface area (Å²) in [5, 5.41) is 12.8. The van der Waals surface area contributed by atoms with Crippen LogP contribution in [0.2, 0.25) is 0 Å². The molecule has 1 aromatic carbocycles. The molecule has 1 aromatic heterocycles. The molecule has 0 radical (unpaired) electrons. The quantitative estimate of drug-likeness (QED) is 0.694. The van der Waals surface area contributed by atoms with Crippen LogP contribution in [-0.2, 0) is 6.54 Å². The van der Waals surface area contributed by atoms with Gasteiger partial charge in [-0.15, -0.1) is 0 Å². The van der Waals surface area contributed by atoms with Gasteiger partial charge in [-0.25, -0.2) is 0 Å². The summed E-state index contributed by atoms with van der Waals surface area (Å²) in [6.07, 6.45) is 4.71. The van der Waals surface area contributed by atoms with Crippen molar-refractivity contribution in [3.8, 4) is 11.3 Å². The van der Waals surface area contributed by atoms with E-state index in [4.69, 9.17) is 4.42 Å². The predicted molar refractivity (Wildman–Crippen MR) is 96.8 cm³/mol. The predicted octanol–water partition coefficient (Wildman–Crippen LogP) is 3.27. The van der Waals surface area contributed by atoms with Gasteiger partial charge >= 0.3 is 0 Å². The molecule has 2 aromatic rings. The van der Waals surface area contributed by atoms with E-state index in [9.17, 15) is 5.11 Å². The maximum Gasteiger partial charge on any atom is 0.134 e. The lowest BCUT2D eigenvalue weighted by molar-refractivity contribution is 0.157. The molecule has 0 amide bonds. The molecule has 1 aliphatic rings. The lowest BCUT2D eigenvalue weighted by atomic mass is 10.2. The molecule has 1 unspecified atom stereocenters. The van der Waals surface area contributed by atoms with E-state index in [1.165, 1.54) is 12.8 Å². The summed E-state index contributed by atoms with van der Waals surface area (Å²) < 4.78 is 5.89. The summed E-state index contributed by atoms with van der Waals surface area (Å²) in [5.41, 5.74) is 1.12. The van der Waals surface area contributed by atoms with Crippen LogP contribution in [0.15, 0.2) is 46.9 Å². The molecule has 2 N–H and O–H groups in total. The molecule has 0 saturated carbocycles. The zero-order valence-corrected chi connectivity index (χ0v) is 14.3. The van der Waals surface area contributed by atoms with Gasteiger partial charge in [0.15, 0.2) is 0 Å². The van der Waals surface area contributed by atoms with Gasteiger partial charge in [0.1, 0.15) is 11.5 Å². The van der Waals surface area contributed by atoms with Gasteiger partial charge in [-0.3, -0.25) is 4.90 Å². The molecule has 0 bridgehead atoms. The van der Waals surface area contributed by atoms with Crippen LogP contribution in [0.5, 0.6) is 0 Å². The molecule has 1 saturated heterocycles. The fourth-order valence-electron chi connectivity index (χ4n) is 3.40. The molecule has 1 aliphatic heterocycles. The molecule has 0 aliphatic carbocycles. The van der Waals surface area contributed by atoms with Crippen LogP contribution < -0.4 is 5.32 Å². The number of furan rings is 1. The summed E-state index contributed by atoms with van der Waals surface area (Å²) in [6, 6.07) is 14.7. The topological polar surface area (TPSA) is 48.6 Å². The number of hydrogen-bond donors (Lipinski definition) is 2. The van der Waals surface area contributed by atoms with E-state index in [1.54, 1.807) is 0 Å². The van der Waals surface area contributed by atoms with Crippen molar-refractivity contribution >= 4 is 0 Å². The average molecular weight is 328 g/mol. The van der Waals surface area contributed by atoms with Crippen molar-refractivity contribution in [2.45, 2.75) is 38.3 Å². The highest BCUT2D eigenvalue weighted by atomic mass is 16.3. The van der Waals surface area contributed by atoms with Crippen LogP contribution in [0.4, 0.5) is 0 Å². The highest BCUT2D eigenvalue weighted by Gasteiger charge is 2.22. The number of aliphatic hydroxyl groups excluding tert-OH is 1. The van der Waals surface area contributed by atoms with Gasteiger partial charge in [-0.1, -0.05) is 30.3 Å². The van der Waals surface area contributed by atoms with E-state index in [1.807, 2.05) is 30.3 Å². The lowest BCUT2D eigenvalue weighted by Crippen LogP contribution is -2.33. The van der Waals surface area contributed by atoms with Crippen LogP contribution in [0.1, 0.15) is 31.4 Å². The first-order valence-electron chi connectivity index (χ1n) is 9.06. The van der Waals surface area contributed by atoms with Crippen molar-refractivity contribution in [2.24, 2.45) is 0 Å². The van der Waals surface area contributed by atoms with Crippen molar-refractivity contribution in [1.82, 2.24) is 10.2 Å². The first-order valence-corrected chi connectivity index (χ1v) is 9.06. The molecule has 24 heavy (non-hydrogen) atoms. The Morgan fingerprint density at radius 1 is 1.12 bits per heavy atom. The molecule has 0 spiro atoms. The van der Waals surface area contributed by atoms with E-state index in [2.05, 4.69) is 22.3 Å². The Morgan fingerprint density at radius 3 is 2.83 bits per heavy atom. The fraction of sp³-hybridized carbons (Fsp3) is 0.500. The second-order valence-corrected chi connectivity index (χ2v) is 6.53. The molecular formula is C20H28N2O2. The minimum atomic E-state index is 0.306. The first kappa shape index (κ1) is 17.2. The summed E-state index contributed by atoms with van der Waals surface area (Å²) in [5.74, 6) is 1.91. The fourth-order valence-corrected chi connectivity index (χ4v) is 3.40. The Bertz CT molecular complexity index is 597. The second-order valence-electron chi connectivity index (χ2n) is 6.53. The summed E-state index contributed by atoms with van der Waals surface area (Å²) in [4.78, 5) is 2.43. The molecule has 4 nitrogen and oxygen atoms in total. The third-order valence-corrected chi connectivity index (χ3v) is 4.78. The number of unbranched alkanes of at least 4 members (excludes halogenated alkanes) is 1. The minimum Gasteiger partial charge on any atom is -0.460 e. The third kappa shape index (κ3) is 4.69. The molecule has 2 heterocycles. The third-order valence-electron chi connectivity index (χ3n) is 4.78. The van der Waals surface area contributed by atoms with E-state index >= 15 is 0 Å². The van der Waals surface area contributed by atoms with Crippen LogP contribution in [0, 0.1) is 0 Å². The van der Waals surface area contributed by atoms with Gasteiger partial charge in [0.2, 0.25) is 0 Å². The summed E-state index contributed by atoms with van der Waals surface area (Å²) in [7, 11) is 0. The number of aliphatic hydroxyl groups is 1. The maximum atomic E-state index is 9.32. The largest absolute Gasteiger partial charge is 0.460 e. The smallest absolute Gasteiger partial charge is 0.134 e. The van der Waals surface area contributed by atoms with Crippen molar-refractivity contribution in [3.05, 3.63) is 48.2 Å². The van der Waals surface area contributed by atoms with E-state index in [0.717, 1.165) is 56.1 Å². The molecule has 1 atom stereocenters. The summed E-state index contributed by atoms with van der Waals surface area (Å²) >= 11 is 0. The summed E-state index contributed by atoms with van der Waals surface area (Å²) in [6.45, 7) is 4.33. The number of nitrogens with zero attached hydrogens (tertiary/aromatic N) is 1. The van der Waals surface area contributed by atoms with Gasteiger partial charge in [0.25, 0.3) is 0 Å². The maximum absolute atomic E-state index is 9.32. The van der Waals surface area contributed by atoms with Crippen LogP contribution in [0.3, 0.4) is 0 Å². The molecule has 130 valence electrons. The normalized spacial score (nSPS) is 18.3. The molecule has 1 fully saturated rings. The van der Waals surface area contributed by atoms with Crippen molar-refractivity contribution in [3.63, 3.8) is 0 Å². The van der Waals surface area contributed by atoms with Crippen molar-refractivity contribution < 1.29 is 9.52 Å². The van der Waals surface area contributed by atoms with Crippen molar-refractivity contribution in [2.75, 3.05) is 26.2 Å². The SMILES string of the molecule is OCC1CCCN1CCCCNCc1ccc(-c2ccccc2)o1. The lowest BCUT2D eigenvalue weighted by Gasteiger charge is -2.22. The van der Waals surface area contributed by atoms with Crippen LogP contribution in [0.25, 0.3) is 11.3 Å². The van der Waals surface area contributed by atoms with Crippen LogP contribution in [-0.4, -0.2) is 42.3 Å². The van der Waals surface area contributed by atoms with Gasteiger partial charge in [0.05, 0.1) is 13.2 Å².